The molecule has 0 saturated carbocycles. The predicted octanol–water partition coefficient (Wildman–Crippen LogP) is 4.62. The molecule has 1 amide bonds. The van der Waals surface area contributed by atoms with Gasteiger partial charge in [-0.2, -0.15) is 0 Å². The van der Waals surface area contributed by atoms with E-state index in [4.69, 9.17) is 9.26 Å². The van der Waals surface area contributed by atoms with Crippen LogP contribution < -0.4 is 10.1 Å². The summed E-state index contributed by atoms with van der Waals surface area (Å²) in [5.74, 6) is 1.15. The quantitative estimate of drug-likeness (QED) is 0.621. The van der Waals surface area contributed by atoms with E-state index >= 15 is 0 Å². The van der Waals surface area contributed by atoms with E-state index in [1.165, 1.54) is 5.56 Å². The number of nitrogens with one attached hydrogen (secondary N) is 1. The van der Waals surface area contributed by atoms with Gasteiger partial charge in [0.25, 0.3) is 5.91 Å². The Hall–Kier alpha value is -3.08. The highest BCUT2D eigenvalue weighted by Crippen LogP contribution is 2.21. The second-order valence-electron chi connectivity index (χ2n) is 6.99. The molecule has 3 aromatic rings. The van der Waals surface area contributed by atoms with Crippen LogP contribution in [0, 0.1) is 13.8 Å². The summed E-state index contributed by atoms with van der Waals surface area (Å²) < 4.78 is 11.1. The van der Waals surface area contributed by atoms with Gasteiger partial charge in [0, 0.05) is 6.04 Å². The molecule has 1 heterocycles. The molecule has 0 fully saturated rings. The first kappa shape index (κ1) is 19.7. The van der Waals surface area contributed by atoms with Crippen LogP contribution in [0.5, 0.6) is 5.75 Å². The molecular formula is C23H26N2O3. The van der Waals surface area contributed by atoms with Crippen molar-refractivity contribution in [2.45, 2.75) is 46.3 Å². The monoisotopic (exact) mass is 378 g/mol. The zero-order valence-electron chi connectivity index (χ0n) is 16.6. The lowest BCUT2D eigenvalue weighted by Gasteiger charge is -2.16. The Labute approximate surface area is 165 Å². The van der Waals surface area contributed by atoms with E-state index in [1.54, 1.807) is 6.07 Å². The van der Waals surface area contributed by atoms with Gasteiger partial charge in [0.05, 0.1) is 16.8 Å². The third-order valence-corrected chi connectivity index (χ3v) is 4.77. The normalized spacial score (nSPS) is 11.8. The Morgan fingerprint density at radius 2 is 1.82 bits per heavy atom. The highest BCUT2D eigenvalue weighted by atomic mass is 16.5. The number of amides is 1. The number of hydrogen-bond acceptors (Lipinski definition) is 4. The molecule has 0 unspecified atom stereocenters. The van der Waals surface area contributed by atoms with E-state index in [9.17, 15) is 4.79 Å². The molecule has 0 spiro atoms. The molecule has 0 bridgehead atoms. The fourth-order valence-corrected chi connectivity index (χ4v) is 3.04. The summed E-state index contributed by atoms with van der Waals surface area (Å²) in [5.41, 5.74) is 3.51. The number of rotatable bonds is 8. The van der Waals surface area contributed by atoms with Gasteiger partial charge in [0.1, 0.15) is 18.1 Å². The number of hydrogen-bond donors (Lipinski definition) is 1. The highest BCUT2D eigenvalue weighted by Gasteiger charge is 2.16. The number of aromatic nitrogens is 1. The van der Waals surface area contributed by atoms with Crippen molar-refractivity contribution in [2.75, 3.05) is 0 Å². The first-order valence-corrected chi connectivity index (χ1v) is 9.53. The van der Waals surface area contributed by atoms with Gasteiger partial charge in [-0.15, -0.1) is 0 Å². The van der Waals surface area contributed by atoms with Crippen molar-refractivity contribution in [3.8, 4) is 5.75 Å². The summed E-state index contributed by atoms with van der Waals surface area (Å²) >= 11 is 0. The van der Waals surface area contributed by atoms with Crippen molar-refractivity contribution >= 4 is 5.91 Å². The third-order valence-electron chi connectivity index (χ3n) is 4.77. The SMILES string of the molecule is Cc1noc(C)c1COc1ccccc1C(=O)N[C@@H](C)CCc1ccccc1. The molecule has 1 atom stereocenters. The average molecular weight is 378 g/mol. The van der Waals surface area contributed by atoms with Gasteiger partial charge < -0.3 is 14.6 Å². The molecule has 0 radical (unpaired) electrons. The fraction of sp³-hybridized carbons (Fsp3) is 0.304. The lowest BCUT2D eigenvalue weighted by atomic mass is 10.1. The molecular weight excluding hydrogens is 352 g/mol. The number of para-hydroxylation sites is 1. The van der Waals surface area contributed by atoms with Crippen molar-refractivity contribution in [2.24, 2.45) is 0 Å². The summed E-state index contributed by atoms with van der Waals surface area (Å²) in [6, 6.07) is 17.6. The number of benzene rings is 2. The number of carbonyl (C=O) groups excluding carboxylic acids is 1. The van der Waals surface area contributed by atoms with E-state index in [-0.39, 0.29) is 11.9 Å². The second-order valence-corrected chi connectivity index (χ2v) is 6.99. The Morgan fingerprint density at radius 3 is 2.54 bits per heavy atom. The molecule has 0 aliphatic rings. The van der Waals surface area contributed by atoms with Crippen LogP contribution in [0.1, 0.15) is 46.3 Å². The standard InChI is InChI=1S/C23H26N2O3/c1-16(13-14-19-9-5-4-6-10-19)24-23(26)20-11-7-8-12-22(20)27-15-21-17(2)25-28-18(21)3/h4-12,16H,13-15H2,1-3H3,(H,24,26)/t16-/m0/s1. The van der Waals surface area contributed by atoms with E-state index in [2.05, 4.69) is 22.6 Å². The largest absolute Gasteiger partial charge is 0.488 e. The van der Waals surface area contributed by atoms with E-state index < -0.39 is 0 Å². The molecule has 146 valence electrons. The van der Waals surface area contributed by atoms with Gasteiger partial charge in [0.15, 0.2) is 0 Å². The summed E-state index contributed by atoms with van der Waals surface area (Å²) in [6.45, 7) is 6.07. The average Bonchev–Trinajstić information content (AvgIpc) is 3.03. The van der Waals surface area contributed by atoms with Crippen molar-refractivity contribution in [3.05, 3.63) is 82.7 Å². The van der Waals surface area contributed by atoms with Gasteiger partial charge in [0.2, 0.25) is 0 Å². The van der Waals surface area contributed by atoms with Crippen molar-refractivity contribution in [1.29, 1.82) is 0 Å². The first-order chi connectivity index (χ1) is 13.5. The van der Waals surface area contributed by atoms with Gasteiger partial charge in [-0.05, 0) is 51.3 Å². The molecule has 2 aromatic carbocycles. The van der Waals surface area contributed by atoms with Crippen molar-refractivity contribution in [1.82, 2.24) is 10.5 Å². The van der Waals surface area contributed by atoms with Crippen LogP contribution in [0.2, 0.25) is 0 Å². The zero-order chi connectivity index (χ0) is 19.9. The Morgan fingerprint density at radius 1 is 1.11 bits per heavy atom. The zero-order valence-corrected chi connectivity index (χ0v) is 16.6. The van der Waals surface area contributed by atoms with Crippen LogP contribution in [-0.2, 0) is 13.0 Å². The van der Waals surface area contributed by atoms with Crippen molar-refractivity contribution in [3.63, 3.8) is 0 Å². The maximum Gasteiger partial charge on any atom is 0.255 e. The van der Waals surface area contributed by atoms with Crippen molar-refractivity contribution < 1.29 is 14.1 Å². The molecule has 0 aliphatic heterocycles. The minimum Gasteiger partial charge on any atom is -0.488 e. The lowest BCUT2D eigenvalue weighted by Crippen LogP contribution is -2.33. The number of carbonyl (C=O) groups is 1. The smallest absolute Gasteiger partial charge is 0.255 e. The number of ether oxygens (including phenoxy) is 1. The van der Waals surface area contributed by atoms with Crippen LogP contribution in [0.15, 0.2) is 59.1 Å². The molecule has 1 N–H and O–H groups in total. The van der Waals surface area contributed by atoms with Crippen LogP contribution in [-0.4, -0.2) is 17.1 Å². The Balaban J connectivity index is 1.60. The number of aryl methyl sites for hydroxylation is 3. The molecule has 3 rings (SSSR count). The molecule has 0 saturated heterocycles. The van der Waals surface area contributed by atoms with Crippen LogP contribution in [0.3, 0.4) is 0 Å². The molecule has 5 nitrogen and oxygen atoms in total. The van der Waals surface area contributed by atoms with Crippen LogP contribution in [0.25, 0.3) is 0 Å². The lowest BCUT2D eigenvalue weighted by molar-refractivity contribution is 0.0934. The Bertz CT molecular complexity index is 899. The molecule has 1 aromatic heterocycles. The maximum atomic E-state index is 12.8. The van der Waals surface area contributed by atoms with E-state index in [1.807, 2.05) is 57.2 Å². The number of nitrogens with zero attached hydrogens (tertiary/aromatic N) is 1. The highest BCUT2D eigenvalue weighted by molar-refractivity contribution is 5.97. The van der Waals surface area contributed by atoms with Gasteiger partial charge >= 0.3 is 0 Å². The second kappa shape index (κ2) is 9.22. The summed E-state index contributed by atoms with van der Waals surface area (Å²) in [7, 11) is 0. The van der Waals surface area contributed by atoms with Gasteiger partial charge in [-0.3, -0.25) is 4.79 Å². The van der Waals surface area contributed by atoms with Gasteiger partial charge in [-0.1, -0.05) is 47.6 Å². The minimum absolute atomic E-state index is 0.0586. The van der Waals surface area contributed by atoms with Crippen LogP contribution >= 0.6 is 0 Å². The van der Waals surface area contributed by atoms with Crippen LogP contribution in [0.4, 0.5) is 0 Å². The summed E-state index contributed by atoms with van der Waals surface area (Å²) in [5, 5.41) is 7.01. The van der Waals surface area contributed by atoms with E-state index in [0.717, 1.165) is 29.9 Å². The molecule has 0 aliphatic carbocycles. The molecule has 5 heteroatoms. The van der Waals surface area contributed by atoms with E-state index in [0.29, 0.717) is 17.9 Å². The summed E-state index contributed by atoms with van der Waals surface area (Å²) in [4.78, 5) is 12.8. The fourth-order valence-electron chi connectivity index (χ4n) is 3.04. The predicted molar refractivity (Wildman–Crippen MR) is 108 cm³/mol. The summed E-state index contributed by atoms with van der Waals surface area (Å²) in [6.07, 6.45) is 1.80. The first-order valence-electron chi connectivity index (χ1n) is 9.53. The minimum atomic E-state index is -0.130. The third kappa shape index (κ3) is 5.00. The Kier molecular flexibility index (Phi) is 6.48. The maximum absolute atomic E-state index is 12.8. The topological polar surface area (TPSA) is 64.4 Å². The van der Waals surface area contributed by atoms with Gasteiger partial charge in [-0.25, -0.2) is 0 Å². The molecule has 28 heavy (non-hydrogen) atoms.